The number of rotatable bonds is 3. The summed E-state index contributed by atoms with van der Waals surface area (Å²) in [5.74, 6) is -6.18. The van der Waals surface area contributed by atoms with E-state index in [4.69, 9.17) is 9.47 Å². The van der Waals surface area contributed by atoms with E-state index >= 15 is 0 Å². The summed E-state index contributed by atoms with van der Waals surface area (Å²) in [5, 5.41) is 9.30. The van der Waals surface area contributed by atoms with Crippen LogP contribution in [0.25, 0.3) is 0 Å². The third-order valence-corrected chi connectivity index (χ3v) is 2.22. The van der Waals surface area contributed by atoms with Crippen LogP contribution in [0.2, 0.25) is 0 Å². The Bertz CT molecular complexity index is 265. The second-order valence-electron chi connectivity index (χ2n) is 3.99. The minimum absolute atomic E-state index is 0.156. The largest absolute Gasteiger partial charge is 0.383 e. The number of alkyl halides is 2. The van der Waals surface area contributed by atoms with E-state index in [0.29, 0.717) is 0 Å². The number of aliphatic hydroxyl groups excluding tert-OH is 1. The molecule has 1 saturated heterocycles. The number of aliphatic hydroxyl groups is 1. The highest BCUT2D eigenvalue weighted by Crippen LogP contribution is 2.31. The van der Waals surface area contributed by atoms with Gasteiger partial charge in [0.25, 0.3) is 0 Å². The molecule has 0 aliphatic carbocycles. The average Bonchev–Trinajstić information content (AvgIpc) is 2.44. The molecule has 0 spiro atoms. The molecule has 2 unspecified atom stereocenters. The molecule has 0 bridgehead atoms. The van der Waals surface area contributed by atoms with Crippen molar-refractivity contribution in [1.29, 1.82) is 0 Å². The molecule has 1 rings (SSSR count). The predicted molar refractivity (Wildman–Crippen MR) is 46.5 cm³/mol. The number of ether oxygens (including phenoxy) is 2. The predicted octanol–water partition coefficient (Wildman–Crippen LogP) is 0.723. The monoisotopic (exact) mass is 224 g/mol. The van der Waals surface area contributed by atoms with E-state index in [0.717, 1.165) is 6.92 Å². The summed E-state index contributed by atoms with van der Waals surface area (Å²) in [7, 11) is 0. The zero-order valence-corrected chi connectivity index (χ0v) is 8.79. The van der Waals surface area contributed by atoms with Crippen LogP contribution in [0, 0.1) is 0 Å². The zero-order valence-electron chi connectivity index (χ0n) is 8.79. The van der Waals surface area contributed by atoms with Crippen molar-refractivity contribution in [2.24, 2.45) is 0 Å². The van der Waals surface area contributed by atoms with Crippen molar-refractivity contribution in [3.8, 4) is 0 Å². The van der Waals surface area contributed by atoms with Gasteiger partial charge in [0.2, 0.25) is 5.78 Å². The van der Waals surface area contributed by atoms with E-state index < -0.39 is 29.7 Å². The molecule has 1 aliphatic heterocycles. The molecule has 88 valence electrons. The van der Waals surface area contributed by atoms with Gasteiger partial charge in [-0.25, -0.2) is 0 Å². The van der Waals surface area contributed by atoms with Crippen LogP contribution in [0.4, 0.5) is 8.78 Å². The Balaban J connectivity index is 2.70. The molecule has 15 heavy (non-hydrogen) atoms. The second-order valence-corrected chi connectivity index (χ2v) is 3.99. The molecule has 0 aromatic rings. The van der Waals surface area contributed by atoms with E-state index in [1.807, 2.05) is 0 Å². The van der Waals surface area contributed by atoms with E-state index in [-0.39, 0.29) is 6.61 Å². The van der Waals surface area contributed by atoms with Gasteiger partial charge in [-0.15, -0.1) is 0 Å². The fraction of sp³-hybridized carbons (Fsp3) is 0.889. The fourth-order valence-electron chi connectivity index (χ4n) is 1.31. The summed E-state index contributed by atoms with van der Waals surface area (Å²) in [6.07, 6.45) is -3.35. The number of hydrogen-bond acceptors (Lipinski definition) is 4. The van der Waals surface area contributed by atoms with Gasteiger partial charge >= 0.3 is 5.92 Å². The highest BCUT2D eigenvalue weighted by Gasteiger charge is 2.51. The number of hydrogen-bond donors (Lipinski definition) is 1. The zero-order chi connectivity index (χ0) is 11.9. The number of carbonyl (C=O) groups is 1. The van der Waals surface area contributed by atoms with Gasteiger partial charge in [0, 0.05) is 6.92 Å². The Morgan fingerprint density at radius 2 is 2.13 bits per heavy atom. The van der Waals surface area contributed by atoms with Gasteiger partial charge in [-0.05, 0) is 13.8 Å². The number of halogens is 2. The Hall–Kier alpha value is -0.590. The molecule has 1 aliphatic rings. The van der Waals surface area contributed by atoms with Crippen molar-refractivity contribution in [3.63, 3.8) is 0 Å². The lowest BCUT2D eigenvalue weighted by atomic mass is 10.0. The van der Waals surface area contributed by atoms with E-state index in [1.165, 1.54) is 0 Å². The van der Waals surface area contributed by atoms with Crippen molar-refractivity contribution < 1.29 is 28.2 Å². The van der Waals surface area contributed by atoms with Crippen LogP contribution in [0.3, 0.4) is 0 Å². The lowest BCUT2D eigenvalue weighted by Gasteiger charge is -2.25. The molecular formula is C9H14F2O4. The lowest BCUT2D eigenvalue weighted by molar-refractivity contribution is -0.192. The van der Waals surface area contributed by atoms with E-state index in [1.54, 1.807) is 13.8 Å². The molecule has 1 heterocycles. The summed E-state index contributed by atoms with van der Waals surface area (Å²) in [5.41, 5.74) is 0. The Kier molecular flexibility index (Phi) is 3.14. The maximum atomic E-state index is 13.1. The molecule has 1 N–H and O–H groups in total. The highest BCUT2D eigenvalue weighted by molar-refractivity contribution is 5.83. The smallest absolute Gasteiger partial charge is 0.332 e. The van der Waals surface area contributed by atoms with Crippen LogP contribution in [0.15, 0.2) is 0 Å². The van der Waals surface area contributed by atoms with Gasteiger partial charge in [0.1, 0.15) is 6.10 Å². The molecule has 0 amide bonds. The molecule has 0 saturated carbocycles. The average molecular weight is 224 g/mol. The van der Waals surface area contributed by atoms with Crippen LogP contribution in [0.5, 0.6) is 0 Å². The first-order valence-electron chi connectivity index (χ1n) is 4.55. The maximum Gasteiger partial charge on any atom is 0.332 e. The van der Waals surface area contributed by atoms with Crippen molar-refractivity contribution in [2.45, 2.75) is 44.7 Å². The molecule has 1 fully saturated rings. The third-order valence-electron chi connectivity index (χ3n) is 2.22. The summed E-state index contributed by atoms with van der Waals surface area (Å²) in [4.78, 5) is 10.6. The van der Waals surface area contributed by atoms with Gasteiger partial charge in [0.15, 0.2) is 11.9 Å². The van der Waals surface area contributed by atoms with Crippen molar-refractivity contribution in [2.75, 3.05) is 6.61 Å². The standard InChI is InChI=1S/C9H14F2O4/c1-5(12)9(10,11)7(13)6-4-14-8(2,3)15-6/h6-7,13H,4H2,1-3H3. The normalized spacial score (nSPS) is 27.7. The first-order valence-corrected chi connectivity index (χ1v) is 4.55. The quantitative estimate of drug-likeness (QED) is 0.767. The van der Waals surface area contributed by atoms with Crippen LogP contribution < -0.4 is 0 Å². The van der Waals surface area contributed by atoms with Gasteiger partial charge in [-0.1, -0.05) is 0 Å². The minimum Gasteiger partial charge on any atom is -0.383 e. The summed E-state index contributed by atoms with van der Waals surface area (Å²) < 4.78 is 36.3. The summed E-state index contributed by atoms with van der Waals surface area (Å²) in [6, 6.07) is 0. The van der Waals surface area contributed by atoms with Crippen LogP contribution in [-0.4, -0.2) is 41.4 Å². The number of carbonyl (C=O) groups excluding carboxylic acids is 1. The van der Waals surface area contributed by atoms with Crippen molar-refractivity contribution in [1.82, 2.24) is 0 Å². The van der Waals surface area contributed by atoms with Gasteiger partial charge < -0.3 is 14.6 Å². The number of ketones is 1. The van der Waals surface area contributed by atoms with Gasteiger partial charge in [-0.3, -0.25) is 4.79 Å². The summed E-state index contributed by atoms with van der Waals surface area (Å²) in [6.45, 7) is 3.67. The molecule has 2 atom stereocenters. The first kappa shape index (κ1) is 12.5. The topological polar surface area (TPSA) is 55.8 Å². The van der Waals surface area contributed by atoms with Crippen LogP contribution in [-0.2, 0) is 14.3 Å². The molecule has 0 aromatic carbocycles. The Morgan fingerprint density at radius 3 is 2.47 bits per heavy atom. The maximum absolute atomic E-state index is 13.1. The Morgan fingerprint density at radius 1 is 1.60 bits per heavy atom. The van der Waals surface area contributed by atoms with Gasteiger partial charge in [0.05, 0.1) is 6.61 Å². The first-order chi connectivity index (χ1) is 6.67. The van der Waals surface area contributed by atoms with Crippen molar-refractivity contribution in [3.05, 3.63) is 0 Å². The number of Topliss-reactive ketones (excluding diaryl/α,β-unsaturated/α-hetero) is 1. The van der Waals surface area contributed by atoms with Crippen LogP contribution in [0.1, 0.15) is 20.8 Å². The third kappa shape index (κ3) is 2.50. The van der Waals surface area contributed by atoms with Gasteiger partial charge in [-0.2, -0.15) is 8.78 Å². The fourth-order valence-corrected chi connectivity index (χ4v) is 1.31. The second kappa shape index (κ2) is 3.77. The van der Waals surface area contributed by atoms with Crippen LogP contribution >= 0.6 is 0 Å². The lowest BCUT2D eigenvalue weighted by Crippen LogP contribution is -2.48. The van der Waals surface area contributed by atoms with E-state index in [9.17, 15) is 18.7 Å². The van der Waals surface area contributed by atoms with Crippen molar-refractivity contribution >= 4 is 5.78 Å². The molecule has 6 heteroatoms. The minimum atomic E-state index is -3.80. The molecular weight excluding hydrogens is 210 g/mol. The molecule has 0 aromatic heterocycles. The molecule has 4 nitrogen and oxygen atoms in total. The summed E-state index contributed by atoms with van der Waals surface area (Å²) >= 11 is 0. The molecule has 0 radical (unpaired) electrons. The Labute approximate surface area is 86.2 Å². The SMILES string of the molecule is CC(=O)C(F)(F)C(O)C1COC(C)(C)O1. The van der Waals surface area contributed by atoms with E-state index in [2.05, 4.69) is 0 Å². The highest BCUT2D eigenvalue weighted by atomic mass is 19.3.